The van der Waals surface area contributed by atoms with Crippen molar-refractivity contribution < 1.29 is 12.8 Å². The lowest BCUT2D eigenvalue weighted by Gasteiger charge is -2.14. The average molecular weight is 371 g/mol. The van der Waals surface area contributed by atoms with E-state index in [1.54, 1.807) is 25.1 Å². The Labute approximate surface area is 152 Å². The minimum atomic E-state index is -3.24. The van der Waals surface area contributed by atoms with Crippen LogP contribution in [0.2, 0.25) is 0 Å². The molecule has 0 aliphatic carbocycles. The molecule has 0 spiro atoms. The number of rotatable bonds is 5. The lowest BCUT2D eigenvalue weighted by Crippen LogP contribution is -2.19. The van der Waals surface area contributed by atoms with Crippen LogP contribution in [0.1, 0.15) is 30.7 Å². The number of hydrogen-bond donors (Lipinski definition) is 0. The molecule has 3 aromatic rings. The minimum Gasteiger partial charge on any atom is -0.440 e. The summed E-state index contributed by atoms with van der Waals surface area (Å²) in [7, 11) is -3.24. The standard InChI is InChI=1S/C19H21N3O3S/c1-2-26(23,24)16-3-4-18-17(11-16)21-19(25-18)15-7-10-22(13-15)12-14-5-8-20-9-6-14/h3-6,8-9,11,15H,2,7,10,12-13H2,1H3. The summed E-state index contributed by atoms with van der Waals surface area (Å²) in [5.41, 5.74) is 2.50. The molecule has 0 bridgehead atoms. The summed E-state index contributed by atoms with van der Waals surface area (Å²) in [6.07, 6.45) is 4.61. The maximum absolute atomic E-state index is 12.1. The van der Waals surface area contributed by atoms with Gasteiger partial charge in [0.1, 0.15) is 5.52 Å². The highest BCUT2D eigenvalue weighted by Gasteiger charge is 2.28. The molecule has 6 nitrogen and oxygen atoms in total. The first-order chi connectivity index (χ1) is 12.5. The second-order valence-corrected chi connectivity index (χ2v) is 8.94. The predicted molar refractivity (Wildman–Crippen MR) is 98.6 cm³/mol. The molecule has 136 valence electrons. The van der Waals surface area contributed by atoms with Crippen LogP contribution in [0.3, 0.4) is 0 Å². The quantitative estimate of drug-likeness (QED) is 0.686. The molecule has 1 unspecified atom stereocenters. The Balaban J connectivity index is 1.52. The van der Waals surface area contributed by atoms with E-state index in [1.165, 1.54) is 5.56 Å². The van der Waals surface area contributed by atoms with Crippen molar-refractivity contribution >= 4 is 20.9 Å². The Morgan fingerprint density at radius 1 is 1.23 bits per heavy atom. The van der Waals surface area contributed by atoms with Gasteiger partial charge >= 0.3 is 0 Å². The van der Waals surface area contributed by atoms with Crippen molar-refractivity contribution in [3.8, 4) is 0 Å². The van der Waals surface area contributed by atoms with Gasteiger partial charge in [0.05, 0.1) is 10.6 Å². The normalized spacial score (nSPS) is 18.6. The van der Waals surface area contributed by atoms with Crippen molar-refractivity contribution in [3.05, 3.63) is 54.2 Å². The van der Waals surface area contributed by atoms with Gasteiger partial charge in [-0.05, 0) is 48.9 Å². The monoisotopic (exact) mass is 371 g/mol. The lowest BCUT2D eigenvalue weighted by atomic mass is 10.1. The van der Waals surface area contributed by atoms with Crippen molar-refractivity contribution in [2.75, 3.05) is 18.8 Å². The third-order valence-electron chi connectivity index (χ3n) is 4.89. The van der Waals surface area contributed by atoms with Crippen molar-refractivity contribution in [1.82, 2.24) is 14.9 Å². The van der Waals surface area contributed by atoms with Crippen LogP contribution in [-0.4, -0.2) is 42.1 Å². The van der Waals surface area contributed by atoms with Gasteiger partial charge in [0.25, 0.3) is 0 Å². The van der Waals surface area contributed by atoms with Crippen LogP contribution in [0.4, 0.5) is 0 Å². The SMILES string of the molecule is CCS(=O)(=O)c1ccc2oc(C3CCN(Cc4ccncc4)C3)nc2c1. The number of hydrogen-bond acceptors (Lipinski definition) is 6. The molecule has 26 heavy (non-hydrogen) atoms. The molecule has 0 amide bonds. The van der Waals surface area contributed by atoms with Gasteiger partial charge in [-0.3, -0.25) is 9.88 Å². The first kappa shape index (κ1) is 17.2. The van der Waals surface area contributed by atoms with E-state index in [4.69, 9.17) is 4.42 Å². The summed E-state index contributed by atoms with van der Waals surface area (Å²) in [5, 5.41) is 0. The number of benzene rings is 1. The molecule has 1 saturated heterocycles. The van der Waals surface area contributed by atoms with Gasteiger partial charge in [-0.1, -0.05) is 6.92 Å². The van der Waals surface area contributed by atoms with Crippen molar-refractivity contribution in [2.45, 2.75) is 30.7 Å². The first-order valence-corrected chi connectivity index (χ1v) is 10.4. The van der Waals surface area contributed by atoms with E-state index in [2.05, 4.69) is 14.9 Å². The number of pyridine rings is 1. The van der Waals surface area contributed by atoms with E-state index in [0.29, 0.717) is 21.9 Å². The second kappa shape index (κ2) is 6.81. The van der Waals surface area contributed by atoms with Crippen molar-refractivity contribution in [3.63, 3.8) is 0 Å². The van der Waals surface area contributed by atoms with E-state index < -0.39 is 9.84 Å². The van der Waals surface area contributed by atoms with Crippen molar-refractivity contribution in [2.24, 2.45) is 0 Å². The zero-order valence-corrected chi connectivity index (χ0v) is 15.4. The predicted octanol–water partition coefficient (Wildman–Crippen LogP) is 3.01. The van der Waals surface area contributed by atoms with Gasteiger partial charge in [-0.25, -0.2) is 13.4 Å². The summed E-state index contributed by atoms with van der Waals surface area (Å²) in [4.78, 5) is 11.3. The summed E-state index contributed by atoms with van der Waals surface area (Å²) in [5.74, 6) is 1.01. The fourth-order valence-electron chi connectivity index (χ4n) is 3.38. The molecule has 0 saturated carbocycles. The Bertz CT molecular complexity index is 1010. The highest BCUT2D eigenvalue weighted by Crippen LogP contribution is 2.30. The van der Waals surface area contributed by atoms with Crippen LogP contribution in [0, 0.1) is 0 Å². The van der Waals surface area contributed by atoms with E-state index in [1.807, 2.05) is 24.5 Å². The second-order valence-electron chi connectivity index (χ2n) is 6.66. The summed E-state index contributed by atoms with van der Waals surface area (Å²) in [6.45, 7) is 4.40. The third-order valence-corrected chi connectivity index (χ3v) is 6.62. The molecule has 7 heteroatoms. The Kier molecular flexibility index (Phi) is 4.50. The number of nitrogens with zero attached hydrogens (tertiary/aromatic N) is 3. The van der Waals surface area contributed by atoms with Crippen molar-refractivity contribution in [1.29, 1.82) is 0 Å². The largest absolute Gasteiger partial charge is 0.440 e. The Morgan fingerprint density at radius 3 is 2.81 bits per heavy atom. The molecule has 1 fully saturated rings. The third kappa shape index (κ3) is 3.37. The average Bonchev–Trinajstić information content (AvgIpc) is 3.28. The first-order valence-electron chi connectivity index (χ1n) is 8.79. The molecule has 4 rings (SSSR count). The molecular weight excluding hydrogens is 350 g/mol. The molecule has 1 aromatic carbocycles. The van der Waals surface area contributed by atoms with Crippen LogP contribution >= 0.6 is 0 Å². The molecule has 2 aromatic heterocycles. The van der Waals surface area contributed by atoms with E-state index >= 15 is 0 Å². The maximum Gasteiger partial charge on any atom is 0.199 e. The number of fused-ring (bicyclic) bond motifs is 1. The summed E-state index contributed by atoms with van der Waals surface area (Å²) < 4.78 is 30.0. The van der Waals surface area contributed by atoms with E-state index in [0.717, 1.165) is 26.1 Å². The lowest BCUT2D eigenvalue weighted by molar-refractivity contribution is 0.321. The molecule has 1 atom stereocenters. The van der Waals surface area contributed by atoms with Gasteiger partial charge in [0.2, 0.25) is 0 Å². The number of sulfone groups is 1. The highest BCUT2D eigenvalue weighted by molar-refractivity contribution is 7.91. The summed E-state index contributed by atoms with van der Waals surface area (Å²) in [6, 6.07) is 8.98. The fraction of sp³-hybridized carbons (Fsp3) is 0.368. The van der Waals surface area contributed by atoms with Crippen LogP contribution in [0.5, 0.6) is 0 Å². The number of oxazole rings is 1. The highest BCUT2D eigenvalue weighted by atomic mass is 32.2. The van der Waals surface area contributed by atoms with Crippen LogP contribution in [0.15, 0.2) is 52.0 Å². The Morgan fingerprint density at radius 2 is 2.04 bits per heavy atom. The van der Waals surface area contributed by atoms with E-state index in [9.17, 15) is 8.42 Å². The maximum atomic E-state index is 12.1. The number of aromatic nitrogens is 2. The fourth-order valence-corrected chi connectivity index (χ4v) is 4.28. The minimum absolute atomic E-state index is 0.0792. The molecule has 0 radical (unpaired) electrons. The molecule has 1 aliphatic heterocycles. The van der Waals surface area contributed by atoms with Crippen LogP contribution in [-0.2, 0) is 16.4 Å². The van der Waals surface area contributed by atoms with Gasteiger partial charge in [0.15, 0.2) is 21.3 Å². The summed E-state index contributed by atoms with van der Waals surface area (Å²) >= 11 is 0. The van der Waals surface area contributed by atoms with Gasteiger partial charge in [0, 0.05) is 31.4 Å². The smallest absolute Gasteiger partial charge is 0.199 e. The van der Waals surface area contributed by atoms with Gasteiger partial charge in [-0.15, -0.1) is 0 Å². The van der Waals surface area contributed by atoms with Gasteiger partial charge in [-0.2, -0.15) is 0 Å². The van der Waals surface area contributed by atoms with Crippen LogP contribution in [0.25, 0.3) is 11.1 Å². The molecule has 3 heterocycles. The van der Waals surface area contributed by atoms with Crippen LogP contribution < -0.4 is 0 Å². The number of likely N-dealkylation sites (tertiary alicyclic amines) is 1. The zero-order valence-electron chi connectivity index (χ0n) is 14.6. The topological polar surface area (TPSA) is 76.3 Å². The Hall–Kier alpha value is -2.25. The van der Waals surface area contributed by atoms with Gasteiger partial charge < -0.3 is 4.42 Å². The van der Waals surface area contributed by atoms with E-state index in [-0.39, 0.29) is 11.7 Å². The molecular formula is C19H21N3O3S. The molecule has 1 aliphatic rings. The zero-order chi connectivity index (χ0) is 18.1. The molecule has 0 N–H and O–H groups in total.